The van der Waals surface area contributed by atoms with Gasteiger partial charge in [-0.25, -0.2) is 4.98 Å². The molecule has 1 aromatic rings. The number of hydrogen-bond donors (Lipinski definition) is 1. The Kier molecular flexibility index (Phi) is 5.80. The third kappa shape index (κ3) is 4.46. The van der Waals surface area contributed by atoms with Crippen molar-refractivity contribution in [2.75, 3.05) is 20.3 Å². The van der Waals surface area contributed by atoms with Gasteiger partial charge in [0.1, 0.15) is 17.5 Å². The highest BCUT2D eigenvalue weighted by Crippen LogP contribution is 2.00. The Morgan fingerprint density at radius 3 is 2.94 bits per heavy atom. The van der Waals surface area contributed by atoms with Crippen LogP contribution in [0.15, 0.2) is 10.9 Å². The normalized spacial score (nSPS) is 10.4. The first kappa shape index (κ1) is 14.7. The molecule has 0 saturated heterocycles. The van der Waals surface area contributed by atoms with E-state index in [0.29, 0.717) is 19.0 Å². The highest BCUT2D eigenvalue weighted by Gasteiger charge is 2.08. The van der Waals surface area contributed by atoms with Crippen LogP contribution in [-0.4, -0.2) is 35.7 Å². The van der Waals surface area contributed by atoms with Gasteiger partial charge in [-0.05, 0) is 13.3 Å². The number of carbonyl (C=O) groups is 1. The molecule has 6 nitrogen and oxygen atoms in total. The van der Waals surface area contributed by atoms with Gasteiger partial charge in [-0.3, -0.25) is 14.2 Å². The molecule has 0 atom stereocenters. The van der Waals surface area contributed by atoms with Gasteiger partial charge in [0, 0.05) is 26.3 Å². The van der Waals surface area contributed by atoms with Crippen molar-refractivity contribution in [1.82, 2.24) is 14.9 Å². The first-order valence-corrected chi connectivity index (χ1v) is 5.92. The van der Waals surface area contributed by atoms with Crippen LogP contribution in [-0.2, 0) is 16.1 Å². The number of nitrogens with zero attached hydrogens (tertiary/aromatic N) is 2. The van der Waals surface area contributed by atoms with E-state index in [1.165, 1.54) is 10.6 Å². The fourth-order valence-electron chi connectivity index (χ4n) is 1.42. The van der Waals surface area contributed by atoms with Crippen LogP contribution in [0, 0.1) is 6.92 Å². The third-order valence-corrected chi connectivity index (χ3v) is 2.51. The van der Waals surface area contributed by atoms with Gasteiger partial charge in [-0.1, -0.05) is 11.6 Å². The molecule has 7 heteroatoms. The Morgan fingerprint density at radius 2 is 2.33 bits per heavy atom. The van der Waals surface area contributed by atoms with Gasteiger partial charge in [0.25, 0.3) is 5.56 Å². The molecule has 0 aliphatic heterocycles. The van der Waals surface area contributed by atoms with Crippen molar-refractivity contribution >= 4 is 17.5 Å². The summed E-state index contributed by atoms with van der Waals surface area (Å²) in [5, 5.41) is 2.83. The first-order valence-electron chi connectivity index (χ1n) is 5.54. The van der Waals surface area contributed by atoms with Crippen molar-refractivity contribution in [3.63, 3.8) is 0 Å². The summed E-state index contributed by atoms with van der Waals surface area (Å²) in [6.07, 6.45) is 0.731. The summed E-state index contributed by atoms with van der Waals surface area (Å²) in [4.78, 5) is 27.1. The van der Waals surface area contributed by atoms with Crippen molar-refractivity contribution in [3.05, 3.63) is 27.4 Å². The molecule has 0 aromatic carbocycles. The zero-order chi connectivity index (χ0) is 13.5. The minimum Gasteiger partial charge on any atom is -0.385 e. The van der Waals surface area contributed by atoms with Gasteiger partial charge in [-0.2, -0.15) is 0 Å². The molecule has 1 aromatic heterocycles. The smallest absolute Gasteiger partial charge is 0.255 e. The van der Waals surface area contributed by atoms with Gasteiger partial charge >= 0.3 is 0 Å². The fourth-order valence-corrected chi connectivity index (χ4v) is 1.64. The van der Waals surface area contributed by atoms with Crippen molar-refractivity contribution < 1.29 is 9.53 Å². The predicted octanol–water partition coefficient (Wildman–Crippen LogP) is 0.358. The molecule has 0 spiro atoms. The molecule has 0 fully saturated rings. The second kappa shape index (κ2) is 7.13. The van der Waals surface area contributed by atoms with E-state index in [9.17, 15) is 9.59 Å². The highest BCUT2D eigenvalue weighted by molar-refractivity contribution is 6.29. The monoisotopic (exact) mass is 273 g/mol. The van der Waals surface area contributed by atoms with Crippen LogP contribution in [0.4, 0.5) is 0 Å². The van der Waals surface area contributed by atoms with Crippen LogP contribution in [0.25, 0.3) is 0 Å². The number of hydrogen-bond acceptors (Lipinski definition) is 4. The zero-order valence-corrected chi connectivity index (χ0v) is 11.2. The maximum Gasteiger partial charge on any atom is 0.255 e. The molecule has 1 N–H and O–H groups in total. The third-order valence-electron chi connectivity index (χ3n) is 2.32. The standard InChI is InChI=1S/C11H16ClN3O3/c1-8-14-9(12)6-11(17)15(8)7-10(16)13-4-3-5-18-2/h6H,3-5,7H2,1-2H3,(H,13,16). The van der Waals surface area contributed by atoms with E-state index in [2.05, 4.69) is 10.3 Å². The van der Waals surface area contributed by atoms with Gasteiger partial charge in [0.05, 0.1) is 0 Å². The maximum absolute atomic E-state index is 11.6. The van der Waals surface area contributed by atoms with Crippen LogP contribution < -0.4 is 10.9 Å². The SMILES string of the molecule is COCCCNC(=O)Cn1c(C)nc(Cl)cc1=O. The molecule has 18 heavy (non-hydrogen) atoms. The molecule has 0 aliphatic carbocycles. The number of halogens is 1. The number of aryl methyl sites for hydroxylation is 1. The Morgan fingerprint density at radius 1 is 1.61 bits per heavy atom. The molecule has 100 valence electrons. The Hall–Kier alpha value is -1.40. The quantitative estimate of drug-likeness (QED) is 0.600. The lowest BCUT2D eigenvalue weighted by molar-refractivity contribution is -0.121. The maximum atomic E-state index is 11.6. The number of rotatable bonds is 6. The number of aromatic nitrogens is 2. The molecular formula is C11H16ClN3O3. The molecule has 1 heterocycles. The average molecular weight is 274 g/mol. The lowest BCUT2D eigenvalue weighted by Crippen LogP contribution is -2.34. The lowest BCUT2D eigenvalue weighted by atomic mass is 10.4. The molecule has 1 amide bonds. The molecule has 0 saturated carbocycles. The van der Waals surface area contributed by atoms with E-state index in [1.807, 2.05) is 0 Å². The van der Waals surface area contributed by atoms with Crippen molar-refractivity contribution in [2.24, 2.45) is 0 Å². The van der Waals surface area contributed by atoms with Crippen molar-refractivity contribution in [3.8, 4) is 0 Å². The second-order valence-electron chi connectivity index (χ2n) is 3.75. The topological polar surface area (TPSA) is 73.2 Å². The average Bonchev–Trinajstić information content (AvgIpc) is 2.29. The first-order chi connectivity index (χ1) is 8.54. The van der Waals surface area contributed by atoms with E-state index < -0.39 is 0 Å². The minimum atomic E-state index is -0.334. The van der Waals surface area contributed by atoms with Crippen LogP contribution >= 0.6 is 11.6 Å². The summed E-state index contributed by atoms with van der Waals surface area (Å²) < 4.78 is 6.14. The molecule has 0 aliphatic rings. The lowest BCUT2D eigenvalue weighted by Gasteiger charge is -2.09. The molecular weight excluding hydrogens is 258 g/mol. The van der Waals surface area contributed by atoms with Crippen LogP contribution in [0.1, 0.15) is 12.2 Å². The summed E-state index contributed by atoms with van der Waals surface area (Å²) >= 11 is 5.64. The molecule has 1 rings (SSSR count). The zero-order valence-electron chi connectivity index (χ0n) is 10.4. The number of carbonyl (C=O) groups excluding carboxylic acids is 1. The number of amides is 1. The van der Waals surface area contributed by atoms with E-state index >= 15 is 0 Å². The molecule has 0 bridgehead atoms. The molecule has 0 radical (unpaired) electrons. The van der Waals surface area contributed by atoms with Crippen LogP contribution in [0.5, 0.6) is 0 Å². The Bertz CT molecular complexity index is 473. The van der Waals surface area contributed by atoms with Crippen molar-refractivity contribution in [1.29, 1.82) is 0 Å². The largest absolute Gasteiger partial charge is 0.385 e. The molecule has 0 unspecified atom stereocenters. The number of methoxy groups -OCH3 is 1. The summed E-state index contributed by atoms with van der Waals surface area (Å²) in [5.74, 6) is 0.181. The van der Waals surface area contributed by atoms with Crippen molar-refractivity contribution in [2.45, 2.75) is 19.9 Å². The van der Waals surface area contributed by atoms with Crippen LogP contribution in [0.2, 0.25) is 5.15 Å². The number of nitrogens with one attached hydrogen (secondary N) is 1. The minimum absolute atomic E-state index is 0.0538. The fraction of sp³-hybridized carbons (Fsp3) is 0.545. The predicted molar refractivity (Wildman–Crippen MR) is 67.7 cm³/mol. The van der Waals surface area contributed by atoms with Crippen LogP contribution in [0.3, 0.4) is 0 Å². The van der Waals surface area contributed by atoms with E-state index in [4.69, 9.17) is 16.3 Å². The van der Waals surface area contributed by atoms with Gasteiger partial charge in [-0.15, -0.1) is 0 Å². The van der Waals surface area contributed by atoms with E-state index in [-0.39, 0.29) is 23.2 Å². The van der Waals surface area contributed by atoms with Gasteiger partial charge in [0.15, 0.2) is 0 Å². The summed E-state index contributed by atoms with van der Waals surface area (Å²) in [6, 6.07) is 1.19. The van der Waals surface area contributed by atoms with Gasteiger partial charge in [0.2, 0.25) is 5.91 Å². The van der Waals surface area contributed by atoms with E-state index in [0.717, 1.165) is 6.42 Å². The van der Waals surface area contributed by atoms with Gasteiger partial charge < -0.3 is 10.1 Å². The summed E-state index contributed by atoms with van der Waals surface area (Å²) in [5.41, 5.74) is -0.334. The summed E-state index contributed by atoms with van der Waals surface area (Å²) in [6.45, 7) is 2.68. The summed E-state index contributed by atoms with van der Waals surface area (Å²) in [7, 11) is 1.60. The number of ether oxygens (including phenoxy) is 1. The van der Waals surface area contributed by atoms with E-state index in [1.54, 1.807) is 14.0 Å². The Labute approximate surface area is 110 Å². The second-order valence-corrected chi connectivity index (χ2v) is 4.13. The Balaban J connectivity index is 2.57. The highest BCUT2D eigenvalue weighted by atomic mass is 35.5.